The monoisotopic (exact) mass is 127 g/mol. The summed E-state index contributed by atoms with van der Waals surface area (Å²) in [6.45, 7) is 0.741. The molecule has 0 bridgehead atoms. The molecule has 42 valence electrons. The van der Waals surface area contributed by atoms with Gasteiger partial charge in [0.2, 0.25) is 0 Å². The molecule has 0 radical (unpaired) electrons. The normalized spacial score (nSPS) is 29.0. The molecular formula is C4H6N3P. The quantitative estimate of drug-likeness (QED) is 0.430. The molecule has 0 saturated heterocycles. The maximum atomic E-state index is 8.27. The summed E-state index contributed by atoms with van der Waals surface area (Å²) in [5.41, 5.74) is 6.15. The molecule has 3 N–H and O–H groups in total. The number of hydrogen-bond donors (Lipinski definition) is 2. The van der Waals surface area contributed by atoms with E-state index in [-0.39, 0.29) is 5.78 Å². The van der Waals surface area contributed by atoms with Gasteiger partial charge in [-0.1, -0.05) is 8.20 Å². The standard InChI is InChI=1S/C4H6N3P/c5-1-4-7-2-3(6)8-4/h3,7H,2,6H2. The SMILES string of the molecule is N#CC1=PC(N)CN1. The molecular weight excluding hydrogens is 121 g/mol. The maximum Gasteiger partial charge on any atom is 0.118 e. The highest BCUT2D eigenvalue weighted by atomic mass is 31.1. The average molecular weight is 127 g/mol. The number of hydrogen-bond acceptors (Lipinski definition) is 3. The van der Waals surface area contributed by atoms with Gasteiger partial charge in [0.25, 0.3) is 0 Å². The van der Waals surface area contributed by atoms with Crippen LogP contribution in [0.3, 0.4) is 0 Å². The Morgan fingerprint density at radius 1 is 2.00 bits per heavy atom. The molecule has 0 aromatic rings. The van der Waals surface area contributed by atoms with Crippen molar-refractivity contribution in [2.45, 2.75) is 5.78 Å². The third kappa shape index (κ3) is 1.05. The van der Waals surface area contributed by atoms with Crippen LogP contribution in [0.1, 0.15) is 0 Å². The van der Waals surface area contributed by atoms with Crippen molar-refractivity contribution in [2.75, 3.05) is 6.54 Å². The predicted molar refractivity (Wildman–Crippen MR) is 33.5 cm³/mol. The minimum absolute atomic E-state index is 0.129. The molecule has 0 aromatic carbocycles. The van der Waals surface area contributed by atoms with Crippen LogP contribution in [0.5, 0.6) is 0 Å². The number of nitrogens with one attached hydrogen (secondary N) is 1. The van der Waals surface area contributed by atoms with Crippen molar-refractivity contribution in [1.82, 2.24) is 5.32 Å². The summed E-state index contributed by atoms with van der Waals surface area (Å²) in [5, 5.41) is 11.1. The lowest BCUT2D eigenvalue weighted by Gasteiger charge is -1.90. The molecule has 4 heteroatoms. The van der Waals surface area contributed by atoms with Gasteiger partial charge in [0, 0.05) is 6.54 Å². The van der Waals surface area contributed by atoms with Gasteiger partial charge >= 0.3 is 0 Å². The number of nitriles is 1. The average Bonchev–Trinajstić information content (AvgIpc) is 2.14. The highest BCUT2D eigenvalue weighted by Gasteiger charge is 2.09. The van der Waals surface area contributed by atoms with E-state index in [1.807, 2.05) is 6.07 Å². The van der Waals surface area contributed by atoms with Crippen LogP contribution < -0.4 is 11.1 Å². The van der Waals surface area contributed by atoms with Crippen molar-refractivity contribution >= 4 is 13.6 Å². The lowest BCUT2D eigenvalue weighted by Crippen LogP contribution is -2.24. The molecule has 0 fully saturated rings. The zero-order valence-electron chi connectivity index (χ0n) is 4.26. The summed E-state index contributed by atoms with van der Waals surface area (Å²) >= 11 is 0. The molecule has 1 unspecified atom stereocenters. The second-order valence-electron chi connectivity index (χ2n) is 1.54. The summed E-state index contributed by atoms with van der Waals surface area (Å²) < 4.78 is 0. The van der Waals surface area contributed by atoms with Crippen LogP contribution in [-0.2, 0) is 0 Å². The molecule has 1 aliphatic heterocycles. The van der Waals surface area contributed by atoms with Crippen molar-refractivity contribution in [2.24, 2.45) is 5.73 Å². The minimum Gasteiger partial charge on any atom is -0.320 e. The fourth-order valence-electron chi connectivity index (χ4n) is 0.527. The van der Waals surface area contributed by atoms with E-state index in [0.29, 0.717) is 5.42 Å². The van der Waals surface area contributed by atoms with Crippen LogP contribution in [0.15, 0.2) is 0 Å². The van der Waals surface area contributed by atoms with Crippen LogP contribution in [0.4, 0.5) is 0 Å². The molecule has 0 amide bonds. The van der Waals surface area contributed by atoms with Crippen LogP contribution in [0, 0.1) is 11.3 Å². The fraction of sp³-hybridized carbons (Fsp3) is 0.500. The van der Waals surface area contributed by atoms with Crippen molar-refractivity contribution in [1.29, 1.82) is 5.26 Å². The molecule has 0 spiro atoms. The zero-order chi connectivity index (χ0) is 5.98. The molecule has 1 rings (SSSR count). The molecule has 1 atom stereocenters. The van der Waals surface area contributed by atoms with Crippen molar-refractivity contribution in [3.8, 4) is 6.07 Å². The largest absolute Gasteiger partial charge is 0.320 e. The molecule has 0 aliphatic carbocycles. The van der Waals surface area contributed by atoms with E-state index < -0.39 is 0 Å². The molecule has 0 saturated carbocycles. The van der Waals surface area contributed by atoms with Gasteiger partial charge in [0.1, 0.15) is 11.5 Å². The first-order valence-electron chi connectivity index (χ1n) is 2.30. The number of nitrogens with zero attached hydrogens (tertiary/aromatic N) is 1. The van der Waals surface area contributed by atoms with E-state index in [9.17, 15) is 0 Å². The molecule has 0 aromatic heterocycles. The molecule has 1 aliphatic rings. The second kappa shape index (κ2) is 2.23. The zero-order valence-corrected chi connectivity index (χ0v) is 5.15. The highest BCUT2D eigenvalue weighted by Crippen LogP contribution is 2.07. The molecule has 1 heterocycles. The van der Waals surface area contributed by atoms with Crippen molar-refractivity contribution < 1.29 is 0 Å². The maximum absolute atomic E-state index is 8.27. The van der Waals surface area contributed by atoms with Crippen LogP contribution in [0.2, 0.25) is 0 Å². The van der Waals surface area contributed by atoms with Gasteiger partial charge in [0.15, 0.2) is 0 Å². The first-order valence-corrected chi connectivity index (χ1v) is 3.26. The first-order chi connectivity index (χ1) is 3.83. The minimum atomic E-state index is 0.129. The Morgan fingerprint density at radius 3 is 3.00 bits per heavy atom. The van der Waals surface area contributed by atoms with Gasteiger partial charge < -0.3 is 5.73 Å². The summed E-state index contributed by atoms with van der Waals surface area (Å²) in [6.07, 6.45) is 0. The van der Waals surface area contributed by atoms with Gasteiger partial charge in [-0.25, -0.2) is 0 Å². The summed E-state index contributed by atoms with van der Waals surface area (Å²) in [6, 6.07) is 2.01. The van der Waals surface area contributed by atoms with Gasteiger partial charge in [-0.05, 0) is 0 Å². The van der Waals surface area contributed by atoms with E-state index >= 15 is 0 Å². The fourth-order valence-corrected chi connectivity index (χ4v) is 1.28. The van der Waals surface area contributed by atoms with E-state index in [0.717, 1.165) is 14.7 Å². The first kappa shape index (κ1) is 5.71. The third-order valence-electron chi connectivity index (χ3n) is 0.879. The summed E-state index contributed by atoms with van der Waals surface area (Å²) in [5.74, 6) is 0.129. The van der Waals surface area contributed by atoms with Crippen LogP contribution in [-0.4, -0.2) is 17.7 Å². The van der Waals surface area contributed by atoms with E-state index in [1.165, 1.54) is 0 Å². The Bertz CT molecular complexity index is 157. The van der Waals surface area contributed by atoms with Crippen LogP contribution >= 0.6 is 8.20 Å². The van der Waals surface area contributed by atoms with E-state index in [4.69, 9.17) is 11.0 Å². The molecule has 8 heavy (non-hydrogen) atoms. The third-order valence-corrected chi connectivity index (χ3v) is 1.91. The van der Waals surface area contributed by atoms with Gasteiger partial charge in [-0.3, -0.25) is 5.32 Å². The summed E-state index contributed by atoms with van der Waals surface area (Å²) in [4.78, 5) is 0. The van der Waals surface area contributed by atoms with Gasteiger partial charge in [0.05, 0.1) is 5.78 Å². The van der Waals surface area contributed by atoms with Gasteiger partial charge in [-0.2, -0.15) is 5.26 Å². The number of nitrogens with two attached hydrogens (primary N) is 1. The Morgan fingerprint density at radius 2 is 2.75 bits per heavy atom. The van der Waals surface area contributed by atoms with Crippen molar-refractivity contribution in [3.05, 3.63) is 0 Å². The molecule has 3 nitrogen and oxygen atoms in total. The summed E-state index contributed by atoms with van der Waals surface area (Å²) in [7, 11) is 0.942. The Kier molecular flexibility index (Phi) is 1.59. The van der Waals surface area contributed by atoms with E-state index in [1.54, 1.807) is 0 Å². The Hall–Kier alpha value is -0.420. The number of rotatable bonds is 0. The smallest absolute Gasteiger partial charge is 0.118 e. The van der Waals surface area contributed by atoms with Crippen molar-refractivity contribution in [3.63, 3.8) is 0 Å². The highest BCUT2D eigenvalue weighted by molar-refractivity contribution is 7.42. The van der Waals surface area contributed by atoms with E-state index in [2.05, 4.69) is 5.32 Å². The second-order valence-corrected chi connectivity index (χ2v) is 2.91. The van der Waals surface area contributed by atoms with Crippen LogP contribution in [0.25, 0.3) is 0 Å². The lowest BCUT2D eigenvalue weighted by molar-refractivity contribution is 0.855. The van der Waals surface area contributed by atoms with Gasteiger partial charge in [-0.15, -0.1) is 0 Å². The Balaban J connectivity index is 2.61. The predicted octanol–water partition coefficient (Wildman–Crippen LogP) is -0.526. The Labute approximate surface area is 49.3 Å². The topological polar surface area (TPSA) is 61.8 Å². The lowest BCUT2D eigenvalue weighted by atomic mass is 10.6.